The molecule has 8 heteroatoms. The molecule has 8 nitrogen and oxygen atoms in total. The number of hydrogen-bond acceptors (Lipinski definition) is 5. The van der Waals surface area contributed by atoms with Gasteiger partial charge in [0.05, 0.1) is 18.7 Å². The highest BCUT2D eigenvalue weighted by Gasteiger charge is 2.18. The van der Waals surface area contributed by atoms with Crippen LogP contribution in [0.1, 0.15) is 44.6 Å². The van der Waals surface area contributed by atoms with E-state index in [1.807, 2.05) is 4.68 Å². The van der Waals surface area contributed by atoms with Gasteiger partial charge >= 0.3 is 6.03 Å². The van der Waals surface area contributed by atoms with Crippen molar-refractivity contribution in [1.82, 2.24) is 20.1 Å². The molecule has 1 atom stereocenters. The van der Waals surface area contributed by atoms with Gasteiger partial charge in [0, 0.05) is 13.7 Å². The van der Waals surface area contributed by atoms with Gasteiger partial charge in [0.25, 0.3) is 0 Å². The quantitative estimate of drug-likeness (QED) is 0.704. The zero-order chi connectivity index (χ0) is 15.8. The minimum Gasteiger partial charge on any atom is -0.394 e. The molecule has 1 aliphatic carbocycles. The molecule has 2 amide bonds. The molecule has 1 aromatic rings. The lowest BCUT2D eigenvalue weighted by atomic mass is 9.96. The van der Waals surface area contributed by atoms with Gasteiger partial charge in [-0.25, -0.2) is 14.5 Å². The van der Waals surface area contributed by atoms with Gasteiger partial charge in [-0.15, -0.1) is 5.10 Å². The molecule has 0 saturated heterocycles. The summed E-state index contributed by atoms with van der Waals surface area (Å²) in [4.78, 5) is 16.0. The van der Waals surface area contributed by atoms with Crippen LogP contribution in [-0.2, 0) is 4.74 Å². The van der Waals surface area contributed by atoms with E-state index >= 15 is 0 Å². The Bertz CT molecular complexity index is 459. The first kappa shape index (κ1) is 16.7. The molecule has 0 aromatic carbocycles. The first-order chi connectivity index (χ1) is 10.7. The van der Waals surface area contributed by atoms with Gasteiger partial charge in [-0.05, 0) is 19.3 Å². The molecule has 2 rings (SSSR count). The highest BCUT2D eigenvalue weighted by atomic mass is 16.5. The monoisotopic (exact) mass is 311 g/mol. The summed E-state index contributed by atoms with van der Waals surface area (Å²) in [5.41, 5.74) is 0. The molecule has 1 saturated carbocycles. The Morgan fingerprint density at radius 1 is 1.50 bits per heavy atom. The van der Waals surface area contributed by atoms with Crippen LogP contribution in [-0.4, -0.2) is 52.3 Å². The fraction of sp³-hybridized carbons (Fsp3) is 0.786. The van der Waals surface area contributed by atoms with Crippen molar-refractivity contribution in [3.05, 3.63) is 6.33 Å². The fourth-order valence-corrected chi connectivity index (χ4v) is 2.65. The van der Waals surface area contributed by atoms with Crippen molar-refractivity contribution >= 4 is 12.0 Å². The highest BCUT2D eigenvalue weighted by molar-refractivity contribution is 5.87. The molecule has 0 bridgehead atoms. The second kappa shape index (κ2) is 8.70. The largest absolute Gasteiger partial charge is 0.394 e. The number of rotatable bonds is 7. The molecule has 0 unspecified atom stereocenters. The summed E-state index contributed by atoms with van der Waals surface area (Å²) in [7, 11) is 1.58. The van der Waals surface area contributed by atoms with Gasteiger partial charge in [0.2, 0.25) is 5.95 Å². The lowest BCUT2D eigenvalue weighted by molar-refractivity contribution is 0.161. The van der Waals surface area contributed by atoms with Crippen LogP contribution in [0.25, 0.3) is 0 Å². The number of anilines is 1. The summed E-state index contributed by atoms with van der Waals surface area (Å²) in [6, 6.07) is -0.385. The molecule has 124 valence electrons. The molecule has 3 N–H and O–H groups in total. The number of carbonyl (C=O) groups excluding carboxylic acids is 1. The summed E-state index contributed by atoms with van der Waals surface area (Å²) in [5.74, 6) is 0.284. The Hall–Kier alpha value is -1.67. The van der Waals surface area contributed by atoms with Crippen LogP contribution in [0.4, 0.5) is 10.7 Å². The maximum Gasteiger partial charge on any atom is 0.321 e. The van der Waals surface area contributed by atoms with Crippen LogP contribution in [0.3, 0.4) is 0 Å². The van der Waals surface area contributed by atoms with E-state index in [1.165, 1.54) is 19.3 Å². The van der Waals surface area contributed by atoms with Crippen LogP contribution in [0.5, 0.6) is 0 Å². The zero-order valence-electron chi connectivity index (χ0n) is 13.0. The number of aliphatic hydroxyl groups excluding tert-OH is 1. The standard InChI is InChI=1S/C14H25N5O3/c1-22-8-7-11(9-20)16-14(21)17-13-15-10-19(18-13)12-5-3-2-4-6-12/h10-12,20H,2-9H2,1H3,(H2,16,17,18,21)/t11-/m1/s1. The van der Waals surface area contributed by atoms with Gasteiger partial charge in [0.15, 0.2) is 0 Å². The van der Waals surface area contributed by atoms with Crippen molar-refractivity contribution in [2.75, 3.05) is 25.6 Å². The predicted molar refractivity (Wildman–Crippen MR) is 81.7 cm³/mol. The number of urea groups is 1. The third-order valence-corrected chi connectivity index (χ3v) is 3.91. The van der Waals surface area contributed by atoms with E-state index in [1.54, 1.807) is 13.4 Å². The average molecular weight is 311 g/mol. The van der Waals surface area contributed by atoms with E-state index in [4.69, 9.17) is 4.74 Å². The van der Waals surface area contributed by atoms with Gasteiger partial charge in [0.1, 0.15) is 6.33 Å². The van der Waals surface area contributed by atoms with E-state index in [9.17, 15) is 9.90 Å². The first-order valence-electron chi connectivity index (χ1n) is 7.81. The van der Waals surface area contributed by atoms with Crippen molar-refractivity contribution in [2.45, 2.75) is 50.6 Å². The van der Waals surface area contributed by atoms with Crippen LogP contribution >= 0.6 is 0 Å². The number of ether oxygens (including phenoxy) is 1. The van der Waals surface area contributed by atoms with Gasteiger partial charge in [-0.1, -0.05) is 19.3 Å². The average Bonchev–Trinajstić information content (AvgIpc) is 3.00. The Kier molecular flexibility index (Phi) is 6.60. The molecule has 1 aromatic heterocycles. The third-order valence-electron chi connectivity index (χ3n) is 3.91. The molecule has 0 spiro atoms. The smallest absolute Gasteiger partial charge is 0.321 e. The van der Waals surface area contributed by atoms with Crippen LogP contribution in [0.15, 0.2) is 6.33 Å². The van der Waals surface area contributed by atoms with E-state index in [0.717, 1.165) is 12.8 Å². The third kappa shape index (κ3) is 4.96. The Morgan fingerprint density at radius 3 is 2.95 bits per heavy atom. The maximum atomic E-state index is 11.9. The zero-order valence-corrected chi connectivity index (χ0v) is 13.0. The van der Waals surface area contributed by atoms with E-state index in [-0.39, 0.29) is 18.6 Å². The molecule has 1 heterocycles. The summed E-state index contributed by atoms with van der Waals surface area (Å²) in [6.45, 7) is 0.334. The number of carbonyl (C=O) groups is 1. The number of aromatic nitrogens is 3. The lowest BCUT2D eigenvalue weighted by Gasteiger charge is -2.21. The van der Waals surface area contributed by atoms with Crippen LogP contribution < -0.4 is 10.6 Å². The number of methoxy groups -OCH3 is 1. The summed E-state index contributed by atoms with van der Waals surface area (Å²) in [5, 5.41) is 18.8. The molecule has 22 heavy (non-hydrogen) atoms. The van der Waals surface area contributed by atoms with E-state index in [0.29, 0.717) is 19.1 Å². The number of nitrogens with one attached hydrogen (secondary N) is 2. The minimum atomic E-state index is -0.420. The van der Waals surface area contributed by atoms with E-state index in [2.05, 4.69) is 20.7 Å². The van der Waals surface area contributed by atoms with Crippen molar-refractivity contribution in [2.24, 2.45) is 0 Å². The molecule has 1 aliphatic rings. The highest BCUT2D eigenvalue weighted by Crippen LogP contribution is 2.27. The summed E-state index contributed by atoms with van der Waals surface area (Å²) in [6.07, 6.45) is 8.14. The number of hydrogen-bond donors (Lipinski definition) is 3. The second-order valence-corrected chi connectivity index (χ2v) is 5.60. The normalized spacial score (nSPS) is 17.2. The van der Waals surface area contributed by atoms with Gasteiger partial charge in [-0.3, -0.25) is 5.32 Å². The van der Waals surface area contributed by atoms with Crippen LogP contribution in [0.2, 0.25) is 0 Å². The number of aliphatic hydroxyl groups is 1. The summed E-state index contributed by atoms with van der Waals surface area (Å²) < 4.78 is 6.77. The van der Waals surface area contributed by atoms with Gasteiger partial charge in [-0.2, -0.15) is 0 Å². The fourth-order valence-electron chi connectivity index (χ4n) is 2.65. The molecular formula is C14H25N5O3. The SMILES string of the molecule is COCC[C@H](CO)NC(=O)Nc1ncn(C2CCCCC2)n1. The topological polar surface area (TPSA) is 101 Å². The Balaban J connectivity index is 1.82. The lowest BCUT2D eigenvalue weighted by Crippen LogP contribution is -2.41. The van der Waals surface area contributed by atoms with Crippen molar-refractivity contribution in [3.8, 4) is 0 Å². The van der Waals surface area contributed by atoms with Crippen molar-refractivity contribution in [1.29, 1.82) is 0 Å². The molecular weight excluding hydrogens is 286 g/mol. The maximum absolute atomic E-state index is 11.9. The number of nitrogens with zero attached hydrogens (tertiary/aromatic N) is 3. The molecule has 0 radical (unpaired) electrons. The van der Waals surface area contributed by atoms with Gasteiger partial charge < -0.3 is 15.2 Å². The minimum absolute atomic E-state index is 0.138. The van der Waals surface area contributed by atoms with Crippen LogP contribution in [0, 0.1) is 0 Å². The Labute approximate surface area is 130 Å². The Morgan fingerprint density at radius 2 is 2.27 bits per heavy atom. The predicted octanol–water partition coefficient (Wildman–Crippen LogP) is 1.30. The second-order valence-electron chi connectivity index (χ2n) is 5.60. The first-order valence-corrected chi connectivity index (χ1v) is 7.81. The molecule has 1 fully saturated rings. The van der Waals surface area contributed by atoms with E-state index < -0.39 is 6.03 Å². The van der Waals surface area contributed by atoms with Crippen molar-refractivity contribution < 1.29 is 14.6 Å². The number of amides is 2. The summed E-state index contributed by atoms with van der Waals surface area (Å²) >= 11 is 0. The van der Waals surface area contributed by atoms with Crippen molar-refractivity contribution in [3.63, 3.8) is 0 Å². The molecule has 0 aliphatic heterocycles.